The van der Waals surface area contributed by atoms with Crippen LogP contribution in [0, 0.1) is 5.92 Å². The van der Waals surface area contributed by atoms with Gasteiger partial charge in [0.1, 0.15) is 35.6 Å². The number of aliphatic carboxylic acids is 1. The van der Waals surface area contributed by atoms with Crippen LogP contribution in [0.5, 0.6) is 17.2 Å². The van der Waals surface area contributed by atoms with Crippen molar-refractivity contribution >= 4 is 24.2 Å². The molecule has 2 unspecified atom stereocenters. The van der Waals surface area contributed by atoms with E-state index in [0.29, 0.717) is 5.56 Å². The van der Waals surface area contributed by atoms with Crippen molar-refractivity contribution in [2.45, 2.75) is 44.6 Å². The molecule has 0 aromatic heterocycles. The van der Waals surface area contributed by atoms with Crippen LogP contribution in [0.2, 0.25) is 0 Å². The Balaban J connectivity index is 1.97. The topological polar surface area (TPSA) is 157 Å². The summed E-state index contributed by atoms with van der Waals surface area (Å²) < 4.78 is 11.0. The third kappa shape index (κ3) is 5.95. The van der Waals surface area contributed by atoms with Crippen molar-refractivity contribution in [3.8, 4) is 17.2 Å². The van der Waals surface area contributed by atoms with Crippen LogP contribution in [0.25, 0.3) is 18.2 Å². The molecule has 0 saturated carbocycles. The number of phenolic OH excluding ortho intramolecular Hbond substituents is 2. The van der Waals surface area contributed by atoms with Gasteiger partial charge >= 0.3 is 5.97 Å². The molecule has 1 aliphatic rings. The van der Waals surface area contributed by atoms with E-state index < -0.39 is 36.7 Å². The number of phenols is 2. The first-order valence-corrected chi connectivity index (χ1v) is 10.7. The van der Waals surface area contributed by atoms with Gasteiger partial charge in [-0.3, -0.25) is 0 Å². The van der Waals surface area contributed by atoms with Crippen molar-refractivity contribution in [1.82, 2.24) is 0 Å². The number of carboxylic acids is 1. The zero-order valence-corrected chi connectivity index (χ0v) is 18.6. The third-order valence-corrected chi connectivity index (χ3v) is 5.21. The summed E-state index contributed by atoms with van der Waals surface area (Å²) in [4.78, 5) is 11.4. The first-order valence-electron chi connectivity index (χ1n) is 10.7. The Kier molecular flexibility index (Phi) is 7.95. The monoisotopic (exact) mass is 472 g/mol. The number of aliphatic hydroxyl groups is 3. The molecule has 6 N–H and O–H groups in total. The largest absolute Gasteiger partial charge is 0.508 e. The van der Waals surface area contributed by atoms with E-state index in [0.717, 1.165) is 5.56 Å². The molecule has 0 radical (unpaired) electrons. The van der Waals surface area contributed by atoms with E-state index in [4.69, 9.17) is 9.47 Å². The minimum Gasteiger partial charge on any atom is -0.508 e. The molecule has 1 heterocycles. The van der Waals surface area contributed by atoms with E-state index in [-0.39, 0.29) is 28.7 Å². The average Bonchev–Trinajstić information content (AvgIpc) is 2.78. The van der Waals surface area contributed by atoms with E-state index in [1.165, 1.54) is 18.2 Å². The van der Waals surface area contributed by atoms with E-state index in [2.05, 4.69) is 0 Å². The normalized spacial score (nSPS) is 25.3. The number of allylic oxidation sites excluding steroid dienone is 1. The Morgan fingerprint density at radius 2 is 1.59 bits per heavy atom. The van der Waals surface area contributed by atoms with E-state index >= 15 is 0 Å². The van der Waals surface area contributed by atoms with Crippen LogP contribution >= 0.6 is 0 Å². The number of carbonyl (C=O) groups is 1. The molecule has 5 atom stereocenters. The molecular weight excluding hydrogens is 444 g/mol. The lowest BCUT2D eigenvalue weighted by molar-refractivity contribution is -0.271. The minimum absolute atomic E-state index is 0.0686. The molecule has 182 valence electrons. The molecule has 9 heteroatoms. The lowest BCUT2D eigenvalue weighted by atomic mass is 9.99. The highest BCUT2D eigenvalue weighted by atomic mass is 16.7. The zero-order valence-electron chi connectivity index (χ0n) is 18.6. The second kappa shape index (κ2) is 10.7. The van der Waals surface area contributed by atoms with Crippen molar-refractivity contribution in [1.29, 1.82) is 0 Å². The Labute approximate surface area is 196 Å². The fraction of sp³-hybridized carbons (Fsp3) is 0.320. The van der Waals surface area contributed by atoms with Crippen molar-refractivity contribution in [2.75, 3.05) is 0 Å². The van der Waals surface area contributed by atoms with Gasteiger partial charge in [-0.15, -0.1) is 0 Å². The Bertz CT molecular complexity index is 1060. The summed E-state index contributed by atoms with van der Waals surface area (Å²) in [7, 11) is 0. The molecule has 3 rings (SSSR count). The molecule has 34 heavy (non-hydrogen) atoms. The van der Waals surface area contributed by atoms with Crippen LogP contribution < -0.4 is 4.74 Å². The van der Waals surface area contributed by atoms with E-state index in [1.54, 1.807) is 36.4 Å². The van der Waals surface area contributed by atoms with Gasteiger partial charge in [-0.25, -0.2) is 4.79 Å². The highest BCUT2D eigenvalue weighted by molar-refractivity contribution is 5.75. The summed E-state index contributed by atoms with van der Waals surface area (Å²) in [6, 6.07) is 9.53. The van der Waals surface area contributed by atoms with Crippen LogP contribution in [0.15, 0.2) is 42.5 Å². The van der Waals surface area contributed by atoms with Gasteiger partial charge in [0.15, 0.2) is 6.10 Å². The van der Waals surface area contributed by atoms with Crippen LogP contribution in [-0.4, -0.2) is 67.3 Å². The minimum atomic E-state index is -1.85. The SMILES string of the molecule is CC(C)/C=C/c1c(O)cc(/C=C/c2ccc(O)cc2)cc1O[C@@H]1OC(C(=O)O)[C@@H](O)[C@H](O)C1O. The maximum atomic E-state index is 11.4. The Hall–Kier alpha value is -3.37. The molecule has 0 bridgehead atoms. The predicted octanol–water partition coefficient (Wildman–Crippen LogP) is 2.21. The molecule has 0 spiro atoms. The molecule has 0 aliphatic carbocycles. The number of aromatic hydroxyl groups is 2. The number of aliphatic hydroxyl groups excluding tert-OH is 3. The van der Waals surface area contributed by atoms with Gasteiger partial charge in [0.05, 0.1) is 5.56 Å². The van der Waals surface area contributed by atoms with E-state index in [1.807, 2.05) is 19.9 Å². The standard InChI is InChI=1S/C25H28O9/c1-13(2)3-10-17-18(27)11-15(5-4-14-6-8-16(26)9-7-14)12-19(17)33-25-22(30)20(28)21(29)23(34-25)24(31)32/h3-13,20-23,25-30H,1-2H3,(H,31,32)/b5-4+,10-3+/t20-,21-,22?,23?,25+/m0/s1. The Morgan fingerprint density at radius 1 is 0.941 bits per heavy atom. The van der Waals surface area contributed by atoms with Crippen molar-refractivity contribution in [3.63, 3.8) is 0 Å². The first kappa shape index (κ1) is 25.3. The summed E-state index contributed by atoms with van der Waals surface area (Å²) in [5, 5.41) is 59.7. The fourth-order valence-corrected chi connectivity index (χ4v) is 3.33. The Morgan fingerprint density at radius 3 is 2.21 bits per heavy atom. The van der Waals surface area contributed by atoms with Crippen molar-refractivity contribution in [2.24, 2.45) is 5.92 Å². The molecule has 1 fully saturated rings. The number of benzene rings is 2. The molecule has 9 nitrogen and oxygen atoms in total. The van der Waals surface area contributed by atoms with Gasteiger partial charge in [-0.05, 0) is 41.3 Å². The highest BCUT2D eigenvalue weighted by Crippen LogP contribution is 2.35. The number of hydrogen-bond acceptors (Lipinski definition) is 8. The summed E-state index contributed by atoms with van der Waals surface area (Å²) in [5.74, 6) is -1.32. The van der Waals surface area contributed by atoms with E-state index in [9.17, 15) is 35.4 Å². The summed E-state index contributed by atoms with van der Waals surface area (Å²) in [6.07, 6.45) is -1.99. The molecular formula is C25H28O9. The van der Waals surface area contributed by atoms with Gasteiger partial charge in [0, 0.05) is 0 Å². The average molecular weight is 472 g/mol. The molecule has 1 saturated heterocycles. The van der Waals surface area contributed by atoms with Crippen LogP contribution in [0.3, 0.4) is 0 Å². The number of carboxylic acid groups (broad SMARTS) is 1. The molecule has 2 aromatic rings. The summed E-state index contributed by atoms with van der Waals surface area (Å²) >= 11 is 0. The van der Waals surface area contributed by atoms with Crippen LogP contribution in [0.1, 0.15) is 30.5 Å². The summed E-state index contributed by atoms with van der Waals surface area (Å²) in [5.41, 5.74) is 1.57. The number of hydrogen-bond donors (Lipinski definition) is 6. The van der Waals surface area contributed by atoms with Gasteiger partial charge < -0.3 is 40.1 Å². The second-order valence-corrected chi connectivity index (χ2v) is 8.33. The smallest absolute Gasteiger partial charge is 0.335 e. The molecule has 2 aromatic carbocycles. The maximum Gasteiger partial charge on any atom is 0.335 e. The number of ether oxygens (including phenoxy) is 2. The van der Waals surface area contributed by atoms with Gasteiger partial charge in [-0.1, -0.05) is 50.3 Å². The quantitative estimate of drug-likeness (QED) is 0.332. The zero-order chi connectivity index (χ0) is 25.0. The van der Waals surface area contributed by atoms with Crippen LogP contribution in [-0.2, 0) is 9.53 Å². The molecule has 1 aliphatic heterocycles. The molecule has 0 amide bonds. The third-order valence-electron chi connectivity index (χ3n) is 5.21. The van der Waals surface area contributed by atoms with Crippen LogP contribution in [0.4, 0.5) is 0 Å². The second-order valence-electron chi connectivity index (χ2n) is 8.33. The van der Waals surface area contributed by atoms with Gasteiger partial charge in [0.25, 0.3) is 0 Å². The lowest BCUT2D eigenvalue weighted by Gasteiger charge is -2.38. The van der Waals surface area contributed by atoms with Gasteiger partial charge in [0.2, 0.25) is 6.29 Å². The highest BCUT2D eigenvalue weighted by Gasteiger charge is 2.48. The van der Waals surface area contributed by atoms with Gasteiger partial charge in [-0.2, -0.15) is 0 Å². The number of rotatable bonds is 7. The fourth-order valence-electron chi connectivity index (χ4n) is 3.33. The predicted molar refractivity (Wildman–Crippen MR) is 124 cm³/mol. The van der Waals surface area contributed by atoms with Crippen molar-refractivity contribution in [3.05, 3.63) is 59.2 Å². The maximum absolute atomic E-state index is 11.4. The summed E-state index contributed by atoms with van der Waals surface area (Å²) in [6.45, 7) is 3.87. The van der Waals surface area contributed by atoms with Crippen molar-refractivity contribution < 1.29 is 44.9 Å². The first-order chi connectivity index (χ1) is 16.1. The lowest BCUT2D eigenvalue weighted by Crippen LogP contribution is -2.61.